The van der Waals surface area contributed by atoms with Gasteiger partial charge in [-0.3, -0.25) is 9.63 Å². The first-order valence-corrected chi connectivity index (χ1v) is 7.42. The smallest absolute Gasteiger partial charge is 0.277 e. The number of aliphatic hydroxyl groups excluding tert-OH is 1. The largest absolute Gasteiger partial charge is 0.394 e. The lowest BCUT2D eigenvalue weighted by Crippen LogP contribution is -2.27. The summed E-state index contributed by atoms with van der Waals surface area (Å²) >= 11 is 5.61. The Morgan fingerprint density at radius 2 is 2.12 bits per heavy atom. The summed E-state index contributed by atoms with van der Waals surface area (Å²) in [7, 11) is 5.79. The molecule has 10 heteroatoms. The number of nitrogens with zero attached hydrogens (tertiary/aromatic N) is 1. The van der Waals surface area contributed by atoms with Crippen LogP contribution in [-0.2, 0) is 4.84 Å². The van der Waals surface area contributed by atoms with E-state index in [1.807, 2.05) is 5.48 Å². The molecular formula is C15H13BClF2N3O3. The highest BCUT2D eigenvalue weighted by Gasteiger charge is 2.23. The van der Waals surface area contributed by atoms with Crippen molar-refractivity contribution in [3.8, 4) is 0 Å². The fraction of sp³-hybridized carbons (Fsp3) is 0.200. The maximum atomic E-state index is 14.3. The minimum absolute atomic E-state index is 0.0385. The van der Waals surface area contributed by atoms with Crippen LogP contribution in [0.2, 0.25) is 5.02 Å². The molecular weight excluding hydrogens is 354 g/mol. The van der Waals surface area contributed by atoms with E-state index in [4.69, 9.17) is 24.6 Å². The number of hydroxylamine groups is 1. The number of nitrogens with one attached hydrogen (secondary N) is 2. The average Bonchev–Trinajstić information content (AvgIpc) is 2.57. The molecule has 1 heterocycles. The lowest BCUT2D eigenvalue weighted by Gasteiger charge is -2.15. The number of amides is 1. The fourth-order valence-electron chi connectivity index (χ4n) is 1.93. The monoisotopic (exact) mass is 367 g/mol. The zero-order chi connectivity index (χ0) is 18.6. The van der Waals surface area contributed by atoms with Crippen LogP contribution in [-0.4, -0.2) is 37.1 Å². The molecule has 3 N–H and O–H groups in total. The molecule has 0 saturated heterocycles. The van der Waals surface area contributed by atoms with E-state index in [1.165, 1.54) is 6.20 Å². The van der Waals surface area contributed by atoms with Gasteiger partial charge in [-0.2, -0.15) is 0 Å². The summed E-state index contributed by atoms with van der Waals surface area (Å²) in [6.45, 7) is 1.24. The van der Waals surface area contributed by atoms with Crippen LogP contribution in [0.25, 0.3) is 0 Å². The highest BCUT2D eigenvalue weighted by molar-refractivity contribution is 6.35. The molecule has 0 atom stereocenters. The quantitative estimate of drug-likeness (QED) is 0.312. The number of hydrogen-bond acceptors (Lipinski definition) is 5. The Morgan fingerprint density at radius 1 is 1.40 bits per heavy atom. The predicted molar refractivity (Wildman–Crippen MR) is 89.5 cm³/mol. The first-order chi connectivity index (χ1) is 11.8. The summed E-state index contributed by atoms with van der Waals surface area (Å²) in [5.74, 6) is -3.57. The van der Waals surface area contributed by atoms with E-state index in [9.17, 15) is 13.6 Å². The molecule has 0 unspecified atom stereocenters. The number of aliphatic hydroxyl groups is 1. The molecule has 130 valence electrons. The Labute approximate surface area is 148 Å². The van der Waals surface area contributed by atoms with Gasteiger partial charge in [0.2, 0.25) is 0 Å². The van der Waals surface area contributed by atoms with Crippen LogP contribution in [0.3, 0.4) is 0 Å². The lowest BCUT2D eigenvalue weighted by molar-refractivity contribution is 0.0168. The van der Waals surface area contributed by atoms with Gasteiger partial charge in [-0.05, 0) is 18.6 Å². The van der Waals surface area contributed by atoms with E-state index in [-0.39, 0.29) is 30.1 Å². The summed E-state index contributed by atoms with van der Waals surface area (Å²) in [6, 6.07) is 2.51. The van der Waals surface area contributed by atoms with Crippen molar-refractivity contribution >= 4 is 42.3 Å². The number of halogens is 3. The zero-order valence-corrected chi connectivity index (χ0v) is 13.8. The standard InChI is InChI=1S/C15H13BClF2N3O3/c1-7-4-9(16)14(20-6-7)21-13-8(15(24)22-25-3-2-23)5-10(17)11(18)12(13)19/h4-6,23H,2-3H2,1H3,(H,20,21)(H,22,24). The van der Waals surface area contributed by atoms with Crippen LogP contribution in [0.4, 0.5) is 20.3 Å². The second-order valence-electron chi connectivity index (χ2n) is 4.99. The van der Waals surface area contributed by atoms with E-state index in [1.54, 1.807) is 13.0 Å². The summed E-state index contributed by atoms with van der Waals surface area (Å²) in [4.78, 5) is 20.8. The molecule has 1 aromatic carbocycles. The fourth-order valence-corrected chi connectivity index (χ4v) is 2.12. The van der Waals surface area contributed by atoms with Gasteiger partial charge in [0.05, 0.1) is 29.5 Å². The van der Waals surface area contributed by atoms with Crippen molar-refractivity contribution in [1.82, 2.24) is 10.5 Å². The van der Waals surface area contributed by atoms with Crippen molar-refractivity contribution in [2.45, 2.75) is 6.92 Å². The van der Waals surface area contributed by atoms with Gasteiger partial charge in [0.25, 0.3) is 5.91 Å². The normalized spacial score (nSPS) is 10.6. The maximum Gasteiger partial charge on any atom is 0.277 e. The van der Waals surface area contributed by atoms with Gasteiger partial charge >= 0.3 is 0 Å². The molecule has 0 spiro atoms. The summed E-state index contributed by atoms with van der Waals surface area (Å²) in [5.41, 5.74) is 2.09. The van der Waals surface area contributed by atoms with E-state index in [2.05, 4.69) is 15.1 Å². The third-order valence-corrected chi connectivity index (χ3v) is 3.34. The van der Waals surface area contributed by atoms with Crippen molar-refractivity contribution in [2.24, 2.45) is 0 Å². The number of carbonyl (C=O) groups excluding carboxylic acids is 1. The molecule has 0 aliphatic carbocycles. The minimum Gasteiger partial charge on any atom is -0.394 e. The number of anilines is 2. The second kappa shape index (κ2) is 8.24. The van der Waals surface area contributed by atoms with Crippen molar-refractivity contribution in [3.63, 3.8) is 0 Å². The Morgan fingerprint density at radius 3 is 2.76 bits per heavy atom. The lowest BCUT2D eigenvalue weighted by atomic mass is 9.95. The third kappa shape index (κ3) is 4.44. The topological polar surface area (TPSA) is 83.5 Å². The Kier molecular flexibility index (Phi) is 6.30. The van der Waals surface area contributed by atoms with Crippen molar-refractivity contribution < 1.29 is 23.5 Å². The molecule has 25 heavy (non-hydrogen) atoms. The van der Waals surface area contributed by atoms with Gasteiger partial charge in [0, 0.05) is 6.20 Å². The van der Waals surface area contributed by atoms with Crippen LogP contribution in [0.1, 0.15) is 15.9 Å². The Balaban J connectivity index is 2.44. The highest BCUT2D eigenvalue weighted by atomic mass is 35.5. The number of aromatic nitrogens is 1. The molecule has 2 aromatic rings. The average molecular weight is 368 g/mol. The van der Waals surface area contributed by atoms with Crippen molar-refractivity contribution in [1.29, 1.82) is 0 Å². The van der Waals surface area contributed by atoms with Gasteiger partial charge < -0.3 is 10.4 Å². The van der Waals surface area contributed by atoms with Gasteiger partial charge in [0.15, 0.2) is 11.6 Å². The van der Waals surface area contributed by atoms with Gasteiger partial charge in [-0.25, -0.2) is 19.2 Å². The summed E-state index contributed by atoms with van der Waals surface area (Å²) in [6.07, 6.45) is 1.47. The molecule has 0 saturated carbocycles. The Bertz CT molecular complexity index is 808. The van der Waals surface area contributed by atoms with Gasteiger partial charge in [-0.1, -0.05) is 23.1 Å². The maximum absolute atomic E-state index is 14.3. The molecule has 2 radical (unpaired) electrons. The molecule has 0 bridgehead atoms. The first-order valence-electron chi connectivity index (χ1n) is 7.04. The summed E-state index contributed by atoms with van der Waals surface area (Å²) in [5, 5.41) is 10.6. The van der Waals surface area contributed by atoms with Crippen LogP contribution < -0.4 is 16.3 Å². The zero-order valence-electron chi connectivity index (χ0n) is 13.1. The molecule has 0 aliphatic rings. The summed E-state index contributed by atoms with van der Waals surface area (Å²) < 4.78 is 28.1. The van der Waals surface area contributed by atoms with Crippen LogP contribution in [0.15, 0.2) is 18.3 Å². The number of benzene rings is 1. The number of rotatable bonds is 6. The molecule has 1 aromatic heterocycles. The number of pyridine rings is 1. The third-order valence-electron chi connectivity index (χ3n) is 3.06. The van der Waals surface area contributed by atoms with Crippen LogP contribution >= 0.6 is 11.6 Å². The van der Waals surface area contributed by atoms with E-state index in [0.717, 1.165) is 11.6 Å². The number of carbonyl (C=O) groups is 1. The van der Waals surface area contributed by atoms with Crippen LogP contribution in [0.5, 0.6) is 0 Å². The second-order valence-corrected chi connectivity index (χ2v) is 5.39. The molecule has 0 aliphatic heterocycles. The molecule has 6 nitrogen and oxygen atoms in total. The van der Waals surface area contributed by atoms with Gasteiger partial charge in [0.1, 0.15) is 13.7 Å². The molecule has 0 fully saturated rings. The highest BCUT2D eigenvalue weighted by Crippen LogP contribution is 2.30. The number of hydrogen-bond donors (Lipinski definition) is 3. The Hall–Kier alpha value is -2.23. The molecule has 1 amide bonds. The minimum atomic E-state index is -1.37. The SMILES string of the molecule is [B]c1cc(C)cnc1Nc1c(C(=O)NOCCO)cc(Cl)c(F)c1F. The van der Waals surface area contributed by atoms with Crippen molar-refractivity contribution in [2.75, 3.05) is 18.5 Å². The first kappa shape index (κ1) is 19.1. The van der Waals surface area contributed by atoms with E-state index < -0.39 is 28.3 Å². The van der Waals surface area contributed by atoms with Gasteiger partial charge in [-0.15, -0.1) is 0 Å². The molecule has 2 rings (SSSR count). The van der Waals surface area contributed by atoms with E-state index >= 15 is 0 Å². The van der Waals surface area contributed by atoms with E-state index in [0.29, 0.717) is 0 Å². The predicted octanol–water partition coefficient (Wildman–Crippen LogP) is 1.51. The number of aryl methyl sites for hydroxylation is 1. The van der Waals surface area contributed by atoms with Crippen molar-refractivity contribution in [3.05, 3.63) is 46.1 Å². The van der Waals surface area contributed by atoms with Crippen LogP contribution in [0, 0.1) is 18.6 Å².